The first-order valence-corrected chi connectivity index (χ1v) is 12.0. The van der Waals surface area contributed by atoms with Crippen molar-refractivity contribution >= 4 is 40.0 Å². The van der Waals surface area contributed by atoms with Gasteiger partial charge in [-0.15, -0.1) is 11.3 Å². The van der Waals surface area contributed by atoms with Gasteiger partial charge in [-0.2, -0.15) is 0 Å². The van der Waals surface area contributed by atoms with Crippen LogP contribution in [0, 0.1) is 13.8 Å². The van der Waals surface area contributed by atoms with E-state index in [-0.39, 0.29) is 36.9 Å². The number of ether oxygens (including phenoxy) is 1. The van der Waals surface area contributed by atoms with Gasteiger partial charge in [0.25, 0.3) is 0 Å². The molecule has 176 valence electrons. The second kappa shape index (κ2) is 10.3. The number of thiazole rings is 1. The van der Waals surface area contributed by atoms with E-state index in [1.807, 2.05) is 32.0 Å². The summed E-state index contributed by atoms with van der Waals surface area (Å²) in [6.45, 7) is 6.07. The number of nitrogens with one attached hydrogen (secondary N) is 2. The molecular formula is C23H29N5O4S. The van der Waals surface area contributed by atoms with Gasteiger partial charge >= 0.3 is 6.03 Å². The Morgan fingerprint density at radius 3 is 2.94 bits per heavy atom. The van der Waals surface area contributed by atoms with Crippen LogP contribution in [0.4, 0.5) is 15.6 Å². The van der Waals surface area contributed by atoms with Gasteiger partial charge in [0.15, 0.2) is 5.13 Å². The Morgan fingerprint density at radius 1 is 1.36 bits per heavy atom. The van der Waals surface area contributed by atoms with Gasteiger partial charge in [-0.25, -0.2) is 9.78 Å². The highest BCUT2D eigenvalue weighted by atomic mass is 32.1. The Balaban J connectivity index is 1.42. The molecule has 0 spiro atoms. The van der Waals surface area contributed by atoms with E-state index in [1.165, 1.54) is 11.3 Å². The molecule has 10 heteroatoms. The number of carbonyl (C=O) groups excluding carboxylic acids is 3. The number of benzene rings is 1. The van der Waals surface area contributed by atoms with Crippen LogP contribution in [0.2, 0.25) is 0 Å². The minimum absolute atomic E-state index is 0.0579. The number of nitrogens with zero attached hydrogens (tertiary/aromatic N) is 3. The Bertz CT molecular complexity index is 1030. The highest BCUT2D eigenvalue weighted by Gasteiger charge is 2.27. The average molecular weight is 472 g/mol. The molecule has 0 saturated carbocycles. The summed E-state index contributed by atoms with van der Waals surface area (Å²) in [5.74, 6) is -0.438. The van der Waals surface area contributed by atoms with Crippen LogP contribution in [0.15, 0.2) is 23.6 Å². The molecule has 2 aromatic rings. The molecule has 1 aromatic heterocycles. The first-order chi connectivity index (χ1) is 15.9. The molecule has 4 amide bonds. The zero-order chi connectivity index (χ0) is 23.4. The number of aryl methyl sites for hydroxylation is 1. The van der Waals surface area contributed by atoms with Gasteiger partial charge in [0, 0.05) is 37.3 Å². The fraction of sp³-hybridized carbons (Fsp3) is 0.478. The molecule has 1 atom stereocenters. The topological polar surface area (TPSA) is 104 Å². The molecular weight excluding hydrogens is 442 g/mol. The van der Waals surface area contributed by atoms with Gasteiger partial charge in [-0.3, -0.25) is 14.5 Å². The molecule has 2 fully saturated rings. The molecule has 2 aliphatic rings. The monoisotopic (exact) mass is 471 g/mol. The van der Waals surface area contributed by atoms with Crippen molar-refractivity contribution in [2.45, 2.75) is 39.2 Å². The SMILES string of the molecule is Cc1cccc(NC(=O)CN(CC2CCCO2)C(=O)Cc2csc(N3CCNC3=O)n2)c1C. The van der Waals surface area contributed by atoms with E-state index in [4.69, 9.17) is 4.74 Å². The van der Waals surface area contributed by atoms with Crippen molar-refractivity contribution in [3.05, 3.63) is 40.4 Å². The maximum atomic E-state index is 13.2. The average Bonchev–Trinajstić information content (AvgIpc) is 3.53. The Kier molecular flexibility index (Phi) is 7.24. The first-order valence-electron chi connectivity index (χ1n) is 11.2. The maximum Gasteiger partial charge on any atom is 0.323 e. The van der Waals surface area contributed by atoms with Gasteiger partial charge in [0.1, 0.15) is 0 Å². The standard InChI is InChI=1S/C23H29N5O4S/c1-15-5-3-7-19(16(15)2)26-20(29)13-27(12-18-6-4-10-32-18)21(30)11-17-14-33-23(25-17)28-9-8-24-22(28)31/h3,5,7,14,18H,4,6,8-13H2,1-2H3,(H,24,31)(H,26,29). The van der Waals surface area contributed by atoms with E-state index < -0.39 is 0 Å². The molecule has 4 rings (SSSR count). The Labute approximate surface area is 197 Å². The van der Waals surface area contributed by atoms with Crippen molar-refractivity contribution in [1.82, 2.24) is 15.2 Å². The third-order valence-electron chi connectivity index (χ3n) is 5.97. The second-order valence-corrected chi connectivity index (χ2v) is 9.22. The van der Waals surface area contributed by atoms with E-state index in [0.29, 0.717) is 37.1 Å². The molecule has 1 unspecified atom stereocenters. The molecule has 3 heterocycles. The van der Waals surface area contributed by atoms with E-state index >= 15 is 0 Å². The summed E-state index contributed by atoms with van der Waals surface area (Å²) < 4.78 is 5.71. The lowest BCUT2D eigenvalue weighted by Gasteiger charge is -2.25. The molecule has 1 aromatic carbocycles. The minimum atomic E-state index is -0.247. The summed E-state index contributed by atoms with van der Waals surface area (Å²) in [4.78, 5) is 45.5. The number of hydrogen-bond donors (Lipinski definition) is 2. The van der Waals surface area contributed by atoms with Gasteiger partial charge in [-0.1, -0.05) is 12.1 Å². The summed E-state index contributed by atoms with van der Waals surface area (Å²) in [5, 5.41) is 8.04. The molecule has 2 N–H and O–H groups in total. The van der Waals surface area contributed by atoms with Crippen molar-refractivity contribution in [2.75, 3.05) is 43.0 Å². The second-order valence-electron chi connectivity index (χ2n) is 8.39. The lowest BCUT2D eigenvalue weighted by Crippen LogP contribution is -2.43. The fourth-order valence-corrected chi connectivity index (χ4v) is 4.81. The van der Waals surface area contributed by atoms with Crippen molar-refractivity contribution < 1.29 is 19.1 Å². The largest absolute Gasteiger partial charge is 0.376 e. The zero-order valence-corrected chi connectivity index (χ0v) is 19.7. The molecule has 0 radical (unpaired) electrons. The number of urea groups is 1. The van der Waals surface area contributed by atoms with E-state index in [0.717, 1.165) is 29.7 Å². The van der Waals surface area contributed by atoms with Crippen LogP contribution in [0.1, 0.15) is 29.7 Å². The highest BCUT2D eigenvalue weighted by Crippen LogP contribution is 2.23. The number of hydrogen-bond acceptors (Lipinski definition) is 6. The van der Waals surface area contributed by atoms with Gasteiger partial charge in [-0.05, 0) is 43.9 Å². The zero-order valence-electron chi connectivity index (χ0n) is 18.9. The highest BCUT2D eigenvalue weighted by molar-refractivity contribution is 7.14. The fourth-order valence-electron chi connectivity index (χ4n) is 3.96. The molecule has 2 aliphatic heterocycles. The maximum absolute atomic E-state index is 13.2. The summed E-state index contributed by atoms with van der Waals surface area (Å²) in [7, 11) is 0. The number of amides is 4. The smallest absolute Gasteiger partial charge is 0.323 e. The summed E-state index contributed by atoms with van der Waals surface area (Å²) in [5.41, 5.74) is 3.43. The number of rotatable bonds is 8. The Morgan fingerprint density at radius 2 is 2.21 bits per heavy atom. The van der Waals surface area contributed by atoms with Gasteiger partial charge in [0.05, 0.1) is 24.8 Å². The Hall–Kier alpha value is -2.98. The predicted octanol–water partition coefficient (Wildman–Crippen LogP) is 2.48. The molecule has 9 nitrogen and oxygen atoms in total. The molecule has 33 heavy (non-hydrogen) atoms. The minimum Gasteiger partial charge on any atom is -0.376 e. The van der Waals surface area contributed by atoms with E-state index in [2.05, 4.69) is 15.6 Å². The predicted molar refractivity (Wildman–Crippen MR) is 127 cm³/mol. The third kappa shape index (κ3) is 5.69. The number of aromatic nitrogens is 1. The normalized spacial score (nSPS) is 17.8. The van der Waals surface area contributed by atoms with Crippen LogP contribution < -0.4 is 15.5 Å². The molecule has 0 aliphatic carbocycles. The van der Waals surface area contributed by atoms with Crippen LogP contribution in [-0.2, 0) is 20.7 Å². The van der Waals surface area contributed by atoms with Crippen LogP contribution in [-0.4, -0.2) is 66.6 Å². The van der Waals surface area contributed by atoms with Crippen molar-refractivity contribution in [3.8, 4) is 0 Å². The van der Waals surface area contributed by atoms with Crippen LogP contribution in [0.3, 0.4) is 0 Å². The number of carbonyl (C=O) groups is 3. The van der Waals surface area contributed by atoms with Crippen molar-refractivity contribution in [1.29, 1.82) is 0 Å². The lowest BCUT2D eigenvalue weighted by molar-refractivity contribution is -0.135. The van der Waals surface area contributed by atoms with Crippen LogP contribution in [0.5, 0.6) is 0 Å². The summed E-state index contributed by atoms with van der Waals surface area (Å²) >= 11 is 1.34. The third-order valence-corrected chi connectivity index (χ3v) is 6.89. The van der Waals surface area contributed by atoms with E-state index in [9.17, 15) is 14.4 Å². The quantitative estimate of drug-likeness (QED) is 0.616. The van der Waals surface area contributed by atoms with Crippen LogP contribution in [0.25, 0.3) is 0 Å². The van der Waals surface area contributed by atoms with Gasteiger partial charge < -0.3 is 20.3 Å². The summed E-state index contributed by atoms with van der Waals surface area (Å²) in [6.07, 6.45) is 1.82. The first kappa shape index (κ1) is 23.2. The lowest BCUT2D eigenvalue weighted by atomic mass is 10.1. The molecule has 2 saturated heterocycles. The number of anilines is 2. The van der Waals surface area contributed by atoms with Gasteiger partial charge in [0.2, 0.25) is 11.8 Å². The van der Waals surface area contributed by atoms with Crippen LogP contribution >= 0.6 is 11.3 Å². The summed E-state index contributed by atoms with van der Waals surface area (Å²) in [6, 6.07) is 5.57. The van der Waals surface area contributed by atoms with Crippen molar-refractivity contribution in [2.24, 2.45) is 0 Å². The molecule has 0 bridgehead atoms. The van der Waals surface area contributed by atoms with Crippen molar-refractivity contribution in [3.63, 3.8) is 0 Å². The van der Waals surface area contributed by atoms with E-state index in [1.54, 1.807) is 15.2 Å².